The maximum Gasteiger partial charge on any atom is 0.176 e. The first-order chi connectivity index (χ1) is 9.21. The normalized spacial score (nSPS) is 21.7. The van der Waals surface area contributed by atoms with Gasteiger partial charge in [0.05, 0.1) is 18.5 Å². The average molecular weight is 253 g/mol. The fourth-order valence-corrected chi connectivity index (χ4v) is 2.78. The van der Waals surface area contributed by atoms with Gasteiger partial charge >= 0.3 is 0 Å². The van der Waals surface area contributed by atoms with Gasteiger partial charge < -0.3 is 0 Å². The third-order valence-corrected chi connectivity index (χ3v) is 3.80. The molecule has 1 aromatic carbocycles. The second-order valence-corrected chi connectivity index (χ2v) is 5.21. The van der Waals surface area contributed by atoms with Crippen LogP contribution in [0.25, 0.3) is 0 Å². The molecule has 0 N–H and O–H groups in total. The summed E-state index contributed by atoms with van der Waals surface area (Å²) >= 11 is 0. The van der Waals surface area contributed by atoms with E-state index in [9.17, 15) is 5.26 Å². The van der Waals surface area contributed by atoms with Crippen molar-refractivity contribution in [3.8, 4) is 6.07 Å². The Labute approximate surface area is 111 Å². The van der Waals surface area contributed by atoms with Gasteiger partial charge in [-0.15, -0.1) is 10.2 Å². The lowest BCUT2D eigenvalue weighted by atomic mass is 9.70. The Kier molecular flexibility index (Phi) is 2.79. The number of hydrogen-bond donors (Lipinski definition) is 0. The first-order valence-corrected chi connectivity index (χ1v) is 6.42. The molecule has 0 spiro atoms. The fraction of sp³-hybridized carbons (Fsp3) is 0.429. The van der Waals surface area contributed by atoms with Crippen molar-refractivity contribution in [3.05, 3.63) is 41.2 Å². The monoisotopic (exact) mass is 253 g/mol. The van der Waals surface area contributed by atoms with Crippen LogP contribution in [0.3, 0.4) is 0 Å². The molecule has 0 aliphatic heterocycles. The number of tetrazole rings is 1. The van der Waals surface area contributed by atoms with E-state index in [1.807, 2.05) is 6.07 Å². The minimum Gasteiger partial charge on any atom is -0.198 e. The van der Waals surface area contributed by atoms with Gasteiger partial charge in [-0.2, -0.15) is 10.1 Å². The quantitative estimate of drug-likeness (QED) is 0.812. The van der Waals surface area contributed by atoms with Gasteiger partial charge in [0.25, 0.3) is 0 Å². The molecule has 3 rings (SSSR count). The largest absolute Gasteiger partial charge is 0.198 e. The van der Waals surface area contributed by atoms with Gasteiger partial charge in [0, 0.05) is 6.42 Å². The highest BCUT2D eigenvalue weighted by molar-refractivity contribution is 5.33. The molecule has 5 heteroatoms. The smallest absolute Gasteiger partial charge is 0.176 e. The molecule has 1 heterocycles. The van der Waals surface area contributed by atoms with Crippen LogP contribution >= 0.6 is 0 Å². The molecule has 1 aromatic heterocycles. The first kappa shape index (κ1) is 11.8. The third kappa shape index (κ3) is 2.22. The number of hydrogen-bond acceptors (Lipinski definition) is 4. The highest BCUT2D eigenvalue weighted by Crippen LogP contribution is 2.37. The summed E-state index contributed by atoms with van der Waals surface area (Å²) in [6.45, 7) is 0. The summed E-state index contributed by atoms with van der Waals surface area (Å²) in [5.74, 6) is 0.656. The van der Waals surface area contributed by atoms with Crippen LogP contribution in [0.1, 0.15) is 23.4 Å². The second-order valence-electron chi connectivity index (χ2n) is 5.21. The molecule has 0 saturated carbocycles. The molecule has 1 aliphatic carbocycles. The minimum absolute atomic E-state index is 0.391. The molecule has 0 bridgehead atoms. The van der Waals surface area contributed by atoms with Crippen molar-refractivity contribution in [1.29, 1.82) is 5.26 Å². The van der Waals surface area contributed by atoms with Gasteiger partial charge in [-0.25, -0.2) is 0 Å². The zero-order valence-corrected chi connectivity index (χ0v) is 10.9. The first-order valence-electron chi connectivity index (χ1n) is 6.42. The number of nitriles is 1. The Hall–Kier alpha value is -2.22. The summed E-state index contributed by atoms with van der Waals surface area (Å²) in [6, 6.07) is 10.9. The molecule has 1 atom stereocenters. The minimum atomic E-state index is -0.391. The van der Waals surface area contributed by atoms with E-state index in [0.717, 1.165) is 19.3 Å². The molecule has 1 aliphatic rings. The van der Waals surface area contributed by atoms with E-state index in [4.69, 9.17) is 0 Å². The standard InChI is InChI=1S/C14H15N5/c1-19-17-13(16-18-19)9-14(10-15)7-6-11-4-2-3-5-12(11)8-14/h2-5H,6-9H2,1H3. The Morgan fingerprint density at radius 2 is 2.16 bits per heavy atom. The maximum atomic E-state index is 9.60. The van der Waals surface area contributed by atoms with Crippen molar-refractivity contribution in [2.45, 2.75) is 25.7 Å². The highest BCUT2D eigenvalue weighted by Gasteiger charge is 2.36. The van der Waals surface area contributed by atoms with Gasteiger partial charge in [-0.1, -0.05) is 24.3 Å². The Balaban J connectivity index is 1.88. The summed E-state index contributed by atoms with van der Waals surface area (Å²) in [5, 5.41) is 21.6. The molecule has 0 radical (unpaired) electrons. The van der Waals surface area contributed by atoms with Crippen molar-refractivity contribution in [2.24, 2.45) is 12.5 Å². The number of fused-ring (bicyclic) bond motifs is 1. The van der Waals surface area contributed by atoms with Crippen LogP contribution in [0.2, 0.25) is 0 Å². The molecule has 0 saturated heterocycles. The van der Waals surface area contributed by atoms with Gasteiger partial charge in [0.15, 0.2) is 5.82 Å². The molecule has 5 nitrogen and oxygen atoms in total. The summed E-state index contributed by atoms with van der Waals surface area (Å²) in [5.41, 5.74) is 2.25. The topological polar surface area (TPSA) is 67.4 Å². The van der Waals surface area contributed by atoms with Crippen LogP contribution in [-0.4, -0.2) is 20.2 Å². The molecule has 96 valence electrons. The molecular weight excluding hydrogens is 238 g/mol. The third-order valence-electron chi connectivity index (χ3n) is 3.80. The number of aryl methyl sites for hydroxylation is 2. The Morgan fingerprint density at radius 3 is 2.84 bits per heavy atom. The van der Waals surface area contributed by atoms with Gasteiger partial charge in [0.1, 0.15) is 0 Å². The van der Waals surface area contributed by atoms with E-state index in [1.165, 1.54) is 15.9 Å². The average Bonchev–Trinajstić information content (AvgIpc) is 2.84. The van der Waals surface area contributed by atoms with Gasteiger partial charge in [0.2, 0.25) is 0 Å². The van der Waals surface area contributed by atoms with E-state index < -0.39 is 5.41 Å². The van der Waals surface area contributed by atoms with Gasteiger partial charge in [-0.3, -0.25) is 0 Å². The lowest BCUT2D eigenvalue weighted by Gasteiger charge is -2.31. The molecular formula is C14H15N5. The fourth-order valence-electron chi connectivity index (χ4n) is 2.78. The Morgan fingerprint density at radius 1 is 1.37 bits per heavy atom. The van der Waals surface area contributed by atoms with E-state index in [2.05, 4.69) is 39.7 Å². The molecule has 2 aromatic rings. The second kappa shape index (κ2) is 4.47. The van der Waals surface area contributed by atoms with Crippen LogP contribution in [0, 0.1) is 16.7 Å². The van der Waals surface area contributed by atoms with Crippen molar-refractivity contribution >= 4 is 0 Å². The lowest BCUT2D eigenvalue weighted by molar-refractivity contribution is 0.332. The van der Waals surface area contributed by atoms with E-state index >= 15 is 0 Å². The van der Waals surface area contributed by atoms with Crippen LogP contribution in [0.15, 0.2) is 24.3 Å². The molecule has 1 unspecified atom stereocenters. The highest BCUT2D eigenvalue weighted by atomic mass is 15.6. The lowest BCUT2D eigenvalue weighted by Crippen LogP contribution is -2.30. The SMILES string of the molecule is Cn1nnc(CC2(C#N)CCc3ccccc3C2)n1. The number of benzene rings is 1. The predicted molar refractivity (Wildman–Crippen MR) is 69.0 cm³/mol. The van der Waals surface area contributed by atoms with Gasteiger partial charge in [-0.05, 0) is 35.6 Å². The van der Waals surface area contributed by atoms with E-state index in [0.29, 0.717) is 12.2 Å². The van der Waals surface area contributed by atoms with Crippen molar-refractivity contribution in [1.82, 2.24) is 20.2 Å². The van der Waals surface area contributed by atoms with Crippen LogP contribution < -0.4 is 0 Å². The molecule has 0 amide bonds. The van der Waals surface area contributed by atoms with Crippen LogP contribution in [-0.2, 0) is 26.3 Å². The van der Waals surface area contributed by atoms with Crippen LogP contribution in [0.4, 0.5) is 0 Å². The van der Waals surface area contributed by atoms with E-state index in [-0.39, 0.29) is 0 Å². The zero-order chi connectivity index (χ0) is 13.3. The number of aromatic nitrogens is 4. The molecule has 0 fully saturated rings. The van der Waals surface area contributed by atoms with Crippen LogP contribution in [0.5, 0.6) is 0 Å². The number of nitrogens with zero attached hydrogens (tertiary/aromatic N) is 5. The van der Waals surface area contributed by atoms with E-state index in [1.54, 1.807) is 7.05 Å². The zero-order valence-electron chi connectivity index (χ0n) is 10.9. The maximum absolute atomic E-state index is 9.60. The predicted octanol–water partition coefficient (Wildman–Crippen LogP) is 1.45. The van der Waals surface area contributed by atoms with Crippen molar-refractivity contribution < 1.29 is 0 Å². The van der Waals surface area contributed by atoms with Crippen molar-refractivity contribution in [3.63, 3.8) is 0 Å². The van der Waals surface area contributed by atoms with Crippen molar-refractivity contribution in [2.75, 3.05) is 0 Å². The number of rotatable bonds is 2. The summed E-state index contributed by atoms with van der Waals surface area (Å²) < 4.78 is 0. The summed E-state index contributed by atoms with van der Waals surface area (Å²) in [7, 11) is 1.74. The molecule has 19 heavy (non-hydrogen) atoms. The summed E-state index contributed by atoms with van der Waals surface area (Å²) in [4.78, 5) is 1.44. The Bertz CT molecular complexity index is 639. The summed E-state index contributed by atoms with van der Waals surface area (Å²) in [6.07, 6.45) is 3.16.